The van der Waals surface area contributed by atoms with Gasteiger partial charge in [0.05, 0.1) is 0 Å². The van der Waals surface area contributed by atoms with Crippen molar-refractivity contribution >= 4 is 11.9 Å². The summed E-state index contributed by atoms with van der Waals surface area (Å²) in [7, 11) is 1.45. The van der Waals surface area contributed by atoms with Crippen LogP contribution in [0.4, 0.5) is 4.79 Å². The molecule has 19 heavy (non-hydrogen) atoms. The van der Waals surface area contributed by atoms with Crippen molar-refractivity contribution in [2.24, 2.45) is 0 Å². The monoisotopic (exact) mass is 264 g/mol. The Morgan fingerprint density at radius 3 is 2.37 bits per heavy atom. The van der Waals surface area contributed by atoms with Crippen molar-refractivity contribution in [3.63, 3.8) is 0 Å². The lowest BCUT2D eigenvalue weighted by atomic mass is 10.0. The van der Waals surface area contributed by atoms with Crippen molar-refractivity contribution in [1.29, 1.82) is 0 Å². The largest absolute Gasteiger partial charge is 0.481 e. The molecule has 0 aromatic heterocycles. The average molecular weight is 264 g/mol. The molecule has 0 unspecified atom stereocenters. The Hall–Kier alpha value is -2.04. The first-order valence-corrected chi connectivity index (χ1v) is 6.23. The van der Waals surface area contributed by atoms with E-state index >= 15 is 0 Å². The van der Waals surface area contributed by atoms with Crippen LogP contribution in [0.5, 0.6) is 5.75 Å². The zero-order valence-corrected chi connectivity index (χ0v) is 11.7. The highest BCUT2D eigenvalue weighted by Crippen LogP contribution is 2.26. The van der Waals surface area contributed by atoms with Gasteiger partial charge in [-0.3, -0.25) is 10.1 Å². The van der Waals surface area contributed by atoms with Crippen molar-refractivity contribution < 1.29 is 14.3 Å². The third kappa shape index (κ3) is 4.28. The van der Waals surface area contributed by atoms with Crippen LogP contribution in [0, 0.1) is 0 Å². The van der Waals surface area contributed by atoms with E-state index in [4.69, 9.17) is 4.74 Å². The van der Waals surface area contributed by atoms with Crippen LogP contribution < -0.4 is 15.4 Å². The van der Waals surface area contributed by atoms with Crippen molar-refractivity contribution in [3.05, 3.63) is 29.8 Å². The van der Waals surface area contributed by atoms with Crippen molar-refractivity contribution in [2.45, 2.75) is 32.8 Å². The topological polar surface area (TPSA) is 67.4 Å². The Balaban J connectivity index is 2.74. The van der Waals surface area contributed by atoms with E-state index in [-0.39, 0.29) is 0 Å². The van der Waals surface area contributed by atoms with Crippen molar-refractivity contribution in [2.75, 3.05) is 7.05 Å². The molecule has 2 N–H and O–H groups in total. The van der Waals surface area contributed by atoms with Crippen LogP contribution in [0.1, 0.15) is 32.3 Å². The van der Waals surface area contributed by atoms with Gasteiger partial charge in [0.15, 0.2) is 6.10 Å². The fraction of sp³-hybridized carbons (Fsp3) is 0.429. The fourth-order valence-corrected chi connectivity index (χ4v) is 1.58. The Bertz CT molecular complexity index is 458. The Morgan fingerprint density at radius 1 is 1.16 bits per heavy atom. The number of para-hydroxylation sites is 1. The van der Waals surface area contributed by atoms with E-state index in [2.05, 4.69) is 24.5 Å². The normalized spacial score (nSPS) is 11.8. The van der Waals surface area contributed by atoms with E-state index < -0.39 is 18.0 Å². The number of hydrogen-bond acceptors (Lipinski definition) is 3. The van der Waals surface area contributed by atoms with E-state index in [1.54, 1.807) is 6.92 Å². The molecule has 0 spiro atoms. The average Bonchev–Trinajstić information content (AvgIpc) is 2.38. The maximum atomic E-state index is 11.7. The van der Waals surface area contributed by atoms with Gasteiger partial charge in [0.2, 0.25) is 0 Å². The maximum absolute atomic E-state index is 11.7. The molecule has 1 aromatic carbocycles. The summed E-state index contributed by atoms with van der Waals surface area (Å²) in [5, 5.41) is 4.50. The molecule has 0 heterocycles. The zero-order valence-electron chi connectivity index (χ0n) is 11.7. The Labute approximate surface area is 113 Å². The lowest BCUT2D eigenvalue weighted by molar-refractivity contribution is -0.126. The number of hydrogen-bond donors (Lipinski definition) is 2. The van der Waals surface area contributed by atoms with Gasteiger partial charge in [0, 0.05) is 7.05 Å². The molecule has 1 rings (SSSR count). The number of urea groups is 1. The highest BCUT2D eigenvalue weighted by molar-refractivity contribution is 5.96. The first kappa shape index (κ1) is 15.0. The molecule has 0 radical (unpaired) electrons. The summed E-state index contributed by atoms with van der Waals surface area (Å²) in [5.41, 5.74) is 1.03. The predicted octanol–water partition coefficient (Wildman–Crippen LogP) is 2.03. The molecule has 0 bridgehead atoms. The minimum atomic E-state index is -0.739. The second-order valence-electron chi connectivity index (χ2n) is 4.52. The lowest BCUT2D eigenvalue weighted by Gasteiger charge is -2.18. The third-order valence-corrected chi connectivity index (χ3v) is 2.68. The molecular formula is C14H20N2O3. The summed E-state index contributed by atoms with van der Waals surface area (Å²) in [6.07, 6.45) is -0.739. The molecule has 0 aliphatic carbocycles. The molecule has 0 aliphatic heterocycles. The van der Waals surface area contributed by atoms with Crippen LogP contribution in [0.3, 0.4) is 0 Å². The van der Waals surface area contributed by atoms with E-state index in [1.165, 1.54) is 7.05 Å². The second kappa shape index (κ2) is 6.78. The molecule has 0 saturated heterocycles. The third-order valence-electron chi connectivity index (χ3n) is 2.68. The van der Waals surface area contributed by atoms with Gasteiger partial charge >= 0.3 is 6.03 Å². The van der Waals surface area contributed by atoms with Gasteiger partial charge in [-0.1, -0.05) is 32.0 Å². The van der Waals surface area contributed by atoms with Gasteiger partial charge in [0.25, 0.3) is 5.91 Å². The van der Waals surface area contributed by atoms with Gasteiger partial charge in [-0.15, -0.1) is 0 Å². The quantitative estimate of drug-likeness (QED) is 0.874. The first-order chi connectivity index (χ1) is 8.95. The van der Waals surface area contributed by atoms with E-state index in [1.807, 2.05) is 24.3 Å². The number of amides is 3. The van der Waals surface area contributed by atoms with Gasteiger partial charge in [-0.25, -0.2) is 4.79 Å². The molecule has 5 heteroatoms. The number of carbonyl (C=O) groups is 2. The summed E-state index contributed by atoms with van der Waals surface area (Å²) in [6.45, 7) is 5.71. The lowest BCUT2D eigenvalue weighted by Crippen LogP contribution is -2.44. The van der Waals surface area contributed by atoms with E-state index in [9.17, 15) is 9.59 Å². The highest BCUT2D eigenvalue weighted by atomic mass is 16.5. The number of rotatable bonds is 4. The molecular weight excluding hydrogens is 244 g/mol. The molecule has 1 aromatic rings. The molecule has 104 valence electrons. The number of benzene rings is 1. The summed E-state index contributed by atoms with van der Waals surface area (Å²) < 4.78 is 5.62. The van der Waals surface area contributed by atoms with Gasteiger partial charge in [0.1, 0.15) is 5.75 Å². The first-order valence-electron chi connectivity index (χ1n) is 6.23. The van der Waals surface area contributed by atoms with Crippen molar-refractivity contribution in [3.8, 4) is 5.75 Å². The van der Waals surface area contributed by atoms with Gasteiger partial charge < -0.3 is 10.1 Å². The number of imide groups is 1. The smallest absolute Gasteiger partial charge is 0.321 e. The highest BCUT2D eigenvalue weighted by Gasteiger charge is 2.18. The molecule has 5 nitrogen and oxygen atoms in total. The van der Waals surface area contributed by atoms with Crippen LogP contribution in [0.25, 0.3) is 0 Å². The second-order valence-corrected chi connectivity index (χ2v) is 4.52. The molecule has 1 atom stereocenters. The Kier molecular flexibility index (Phi) is 5.36. The Morgan fingerprint density at radius 2 is 1.79 bits per heavy atom. The van der Waals surface area contributed by atoms with Crippen LogP contribution in [-0.2, 0) is 4.79 Å². The van der Waals surface area contributed by atoms with Crippen LogP contribution in [0.2, 0.25) is 0 Å². The van der Waals surface area contributed by atoms with E-state index in [0.29, 0.717) is 11.7 Å². The molecule has 0 aliphatic rings. The summed E-state index contributed by atoms with van der Waals surface area (Å²) in [4.78, 5) is 22.8. The molecule has 3 amide bonds. The zero-order chi connectivity index (χ0) is 14.4. The SMILES string of the molecule is CNC(=O)NC(=O)[C@H](C)Oc1ccccc1C(C)C. The van der Waals surface area contributed by atoms with Crippen LogP contribution in [0.15, 0.2) is 24.3 Å². The number of carbonyl (C=O) groups excluding carboxylic acids is 2. The van der Waals surface area contributed by atoms with Crippen molar-refractivity contribution in [1.82, 2.24) is 10.6 Å². The van der Waals surface area contributed by atoms with Gasteiger partial charge in [-0.2, -0.15) is 0 Å². The number of ether oxygens (including phenoxy) is 1. The summed E-state index contributed by atoms with van der Waals surface area (Å²) in [5.74, 6) is 0.486. The van der Waals surface area contributed by atoms with Crippen LogP contribution in [-0.4, -0.2) is 25.1 Å². The minimum Gasteiger partial charge on any atom is -0.481 e. The van der Waals surface area contributed by atoms with E-state index in [0.717, 1.165) is 5.56 Å². The fourth-order valence-electron chi connectivity index (χ4n) is 1.58. The summed E-state index contributed by atoms with van der Waals surface area (Å²) >= 11 is 0. The van der Waals surface area contributed by atoms with Gasteiger partial charge in [-0.05, 0) is 24.5 Å². The maximum Gasteiger partial charge on any atom is 0.321 e. The molecule has 0 fully saturated rings. The number of nitrogens with one attached hydrogen (secondary N) is 2. The van der Waals surface area contributed by atoms with Crippen LogP contribution >= 0.6 is 0 Å². The minimum absolute atomic E-state index is 0.297. The summed E-state index contributed by atoms with van der Waals surface area (Å²) in [6, 6.07) is 7.02. The standard InChI is InChI=1S/C14H20N2O3/c1-9(2)11-7-5-6-8-12(11)19-10(3)13(17)16-14(18)15-4/h5-10H,1-4H3,(H2,15,16,17,18)/t10-/m0/s1. The predicted molar refractivity (Wildman–Crippen MR) is 73.2 cm³/mol. The molecule has 0 saturated carbocycles.